The van der Waals surface area contributed by atoms with Gasteiger partial charge in [-0.1, -0.05) is 36.4 Å². The maximum atomic E-state index is 12.1. The molecule has 2 amide bonds. The van der Waals surface area contributed by atoms with Crippen molar-refractivity contribution in [2.75, 3.05) is 37.8 Å². The van der Waals surface area contributed by atoms with Gasteiger partial charge in [0, 0.05) is 21.8 Å². The Balaban J connectivity index is 0.000000696. The van der Waals surface area contributed by atoms with E-state index in [9.17, 15) is 9.59 Å². The number of likely N-dealkylation sites (N-methyl/N-ethyl adjacent to an activating group) is 1. The summed E-state index contributed by atoms with van der Waals surface area (Å²) in [6.07, 6.45) is 0. The first kappa shape index (κ1) is 23.2. The van der Waals surface area contributed by atoms with Crippen molar-refractivity contribution in [3.05, 3.63) is 60.7 Å². The van der Waals surface area contributed by atoms with Gasteiger partial charge >= 0.3 is 0 Å². The van der Waals surface area contributed by atoms with Crippen LogP contribution >= 0.6 is 0 Å². The molecule has 28 heavy (non-hydrogen) atoms. The van der Waals surface area contributed by atoms with Gasteiger partial charge in [0.15, 0.2) is 13.1 Å². The van der Waals surface area contributed by atoms with Crippen LogP contribution in [0.3, 0.4) is 0 Å². The SMILES string of the molecule is C[N+](C)(CC(=O)Nc1ccccc1)CC(=O)Nc1ccccc1.O=S(=O)([O-])[O-]. The second-order valence-corrected chi connectivity index (χ2v) is 7.31. The van der Waals surface area contributed by atoms with Crippen molar-refractivity contribution in [3.63, 3.8) is 0 Å². The van der Waals surface area contributed by atoms with Crippen LogP contribution in [0.5, 0.6) is 0 Å². The normalized spacial score (nSPS) is 11.0. The molecule has 0 radical (unpaired) electrons. The van der Waals surface area contributed by atoms with E-state index in [2.05, 4.69) is 10.6 Å². The second kappa shape index (κ2) is 10.5. The number of hydrogen-bond donors (Lipinski definition) is 2. The van der Waals surface area contributed by atoms with Crippen LogP contribution < -0.4 is 10.6 Å². The molecule has 0 atom stereocenters. The summed E-state index contributed by atoms with van der Waals surface area (Å²) >= 11 is 0. The van der Waals surface area contributed by atoms with E-state index in [0.29, 0.717) is 0 Å². The van der Waals surface area contributed by atoms with E-state index in [1.807, 2.05) is 74.8 Å². The number of nitrogens with one attached hydrogen (secondary N) is 2. The second-order valence-electron chi connectivity index (χ2n) is 6.49. The Kier molecular flexibility index (Phi) is 8.74. The van der Waals surface area contributed by atoms with E-state index in [1.54, 1.807) is 0 Å². The maximum absolute atomic E-state index is 12.1. The molecular formula is C18H22N3O6S-. The van der Waals surface area contributed by atoms with Crippen LogP contribution in [0.1, 0.15) is 0 Å². The van der Waals surface area contributed by atoms with E-state index in [4.69, 9.17) is 17.5 Å². The lowest BCUT2D eigenvalue weighted by molar-refractivity contribution is -0.874. The number of hydrogen-bond acceptors (Lipinski definition) is 6. The van der Waals surface area contributed by atoms with Gasteiger partial charge in [-0.2, -0.15) is 0 Å². The molecule has 0 saturated carbocycles. The van der Waals surface area contributed by atoms with Crippen molar-refractivity contribution < 1.29 is 31.6 Å². The Morgan fingerprint density at radius 2 is 1.07 bits per heavy atom. The molecular weight excluding hydrogens is 386 g/mol. The van der Waals surface area contributed by atoms with Crippen molar-refractivity contribution in [3.8, 4) is 0 Å². The molecule has 10 heteroatoms. The van der Waals surface area contributed by atoms with Crippen LogP contribution in [0.2, 0.25) is 0 Å². The summed E-state index contributed by atoms with van der Waals surface area (Å²) in [4.78, 5) is 24.2. The Labute approximate surface area is 164 Å². The van der Waals surface area contributed by atoms with E-state index in [1.165, 1.54) is 0 Å². The van der Waals surface area contributed by atoms with Crippen molar-refractivity contribution in [2.45, 2.75) is 0 Å². The lowest BCUT2D eigenvalue weighted by atomic mass is 10.3. The largest absolute Gasteiger partial charge is 0.759 e. The average molecular weight is 408 g/mol. The smallest absolute Gasteiger partial charge is 0.279 e. The first-order valence-electron chi connectivity index (χ1n) is 8.13. The van der Waals surface area contributed by atoms with Gasteiger partial charge in [-0.25, -0.2) is 0 Å². The van der Waals surface area contributed by atoms with Crippen molar-refractivity contribution in [2.24, 2.45) is 0 Å². The fourth-order valence-electron chi connectivity index (χ4n) is 2.28. The molecule has 0 aliphatic heterocycles. The van der Waals surface area contributed by atoms with Crippen LogP contribution in [-0.4, -0.2) is 61.0 Å². The van der Waals surface area contributed by atoms with Crippen LogP contribution in [0.15, 0.2) is 60.7 Å². The van der Waals surface area contributed by atoms with Crippen LogP contribution in [0, 0.1) is 0 Å². The zero-order valence-electron chi connectivity index (χ0n) is 15.5. The van der Waals surface area contributed by atoms with Gasteiger partial charge in [0.2, 0.25) is 0 Å². The molecule has 2 aromatic rings. The third kappa shape index (κ3) is 11.8. The summed E-state index contributed by atoms with van der Waals surface area (Å²) in [7, 11) is -1.45. The number of carbonyl (C=O) groups is 2. The number of carbonyl (C=O) groups excluding carboxylic acids is 2. The summed E-state index contributed by atoms with van der Waals surface area (Å²) in [5, 5.41) is 5.67. The highest BCUT2D eigenvalue weighted by atomic mass is 32.3. The number of anilines is 2. The first-order chi connectivity index (χ1) is 12.9. The zero-order chi connectivity index (χ0) is 21.2. The van der Waals surface area contributed by atoms with E-state index >= 15 is 0 Å². The molecule has 0 spiro atoms. The fourth-order valence-corrected chi connectivity index (χ4v) is 2.28. The standard InChI is InChI=1S/C18H21N3O2.H2O4S/c1-21(2,13-17(22)19-15-9-5-3-6-10-15)14-18(23)20-16-11-7-4-8-12-16;1-5(2,3)4/h3-12H,13-14H2,1-2H3,(H-,19,20,22,23);(H2,1,2,3,4)/p-1. The minimum atomic E-state index is -5.17. The summed E-state index contributed by atoms with van der Waals surface area (Å²) in [6.45, 7) is 0.439. The monoisotopic (exact) mass is 408 g/mol. The molecule has 0 aliphatic carbocycles. The molecule has 0 heterocycles. The number of amides is 2. The number of nitrogens with zero attached hydrogens (tertiary/aromatic N) is 1. The third-order valence-corrected chi connectivity index (χ3v) is 3.26. The zero-order valence-corrected chi connectivity index (χ0v) is 16.3. The van der Waals surface area contributed by atoms with E-state index in [0.717, 1.165) is 11.4 Å². The minimum Gasteiger partial charge on any atom is -0.759 e. The number of benzene rings is 2. The lowest BCUT2D eigenvalue weighted by Crippen LogP contribution is -2.49. The van der Waals surface area contributed by atoms with Crippen molar-refractivity contribution in [1.82, 2.24) is 0 Å². The van der Waals surface area contributed by atoms with Crippen LogP contribution in [0.25, 0.3) is 0 Å². The summed E-state index contributed by atoms with van der Waals surface area (Å²) in [5.41, 5.74) is 1.51. The van der Waals surface area contributed by atoms with Gasteiger partial charge < -0.3 is 24.2 Å². The van der Waals surface area contributed by atoms with Gasteiger partial charge in [0.05, 0.1) is 14.1 Å². The quantitative estimate of drug-likeness (QED) is 0.415. The summed E-state index contributed by atoms with van der Waals surface area (Å²) in [6, 6.07) is 18.6. The lowest BCUT2D eigenvalue weighted by Gasteiger charge is -2.28. The molecule has 0 aromatic heterocycles. The molecule has 2 N–H and O–H groups in total. The molecule has 0 fully saturated rings. The van der Waals surface area contributed by atoms with Crippen LogP contribution in [0.4, 0.5) is 11.4 Å². The Hall–Kier alpha value is -2.79. The third-order valence-electron chi connectivity index (χ3n) is 3.26. The molecule has 0 unspecified atom stereocenters. The number of para-hydroxylation sites is 2. The molecule has 2 rings (SSSR count). The topological polar surface area (TPSA) is 138 Å². The van der Waals surface area contributed by atoms with E-state index in [-0.39, 0.29) is 29.4 Å². The molecule has 0 bridgehead atoms. The number of rotatable bonds is 6. The minimum absolute atomic E-state index is 0.117. The maximum Gasteiger partial charge on any atom is 0.279 e. The predicted molar refractivity (Wildman–Crippen MR) is 102 cm³/mol. The highest BCUT2D eigenvalue weighted by Gasteiger charge is 2.24. The number of quaternary nitrogens is 1. The molecule has 0 aliphatic rings. The Bertz CT molecular complexity index is 805. The van der Waals surface area contributed by atoms with Gasteiger partial charge in [0.1, 0.15) is 0 Å². The van der Waals surface area contributed by atoms with Gasteiger partial charge in [0.25, 0.3) is 11.8 Å². The van der Waals surface area contributed by atoms with Gasteiger partial charge in [-0.3, -0.25) is 18.0 Å². The van der Waals surface area contributed by atoms with E-state index < -0.39 is 10.4 Å². The van der Waals surface area contributed by atoms with Crippen molar-refractivity contribution >= 4 is 33.6 Å². The van der Waals surface area contributed by atoms with Gasteiger partial charge in [-0.15, -0.1) is 0 Å². The summed E-state index contributed by atoms with van der Waals surface area (Å²) in [5.74, 6) is -0.234. The predicted octanol–water partition coefficient (Wildman–Crippen LogP) is 1.00. The Morgan fingerprint density at radius 3 is 1.36 bits per heavy atom. The molecule has 0 saturated heterocycles. The van der Waals surface area contributed by atoms with Crippen LogP contribution in [-0.2, 0) is 20.0 Å². The molecule has 9 nitrogen and oxygen atoms in total. The fraction of sp³-hybridized carbons (Fsp3) is 0.222. The average Bonchev–Trinajstić information content (AvgIpc) is 2.53. The highest BCUT2D eigenvalue weighted by Crippen LogP contribution is 2.08. The van der Waals surface area contributed by atoms with Gasteiger partial charge in [-0.05, 0) is 24.3 Å². The van der Waals surface area contributed by atoms with Crippen molar-refractivity contribution in [1.29, 1.82) is 0 Å². The summed E-state index contributed by atoms with van der Waals surface area (Å²) < 4.78 is 34.4. The molecule has 2 aromatic carbocycles. The first-order valence-corrected chi connectivity index (χ1v) is 9.46. The highest BCUT2D eigenvalue weighted by molar-refractivity contribution is 7.79. The Morgan fingerprint density at radius 1 is 0.786 bits per heavy atom. The molecule has 152 valence electrons.